The van der Waals surface area contributed by atoms with Crippen molar-refractivity contribution >= 4 is 33.3 Å². The molecule has 0 radical (unpaired) electrons. The van der Waals surface area contributed by atoms with Crippen LogP contribution < -0.4 is 5.56 Å². The molecule has 0 saturated heterocycles. The average Bonchev–Trinajstić information content (AvgIpc) is 2.83. The summed E-state index contributed by atoms with van der Waals surface area (Å²) < 4.78 is 1.03. The molecule has 0 amide bonds. The number of non-ortho nitro benzene ring substituents is 1. The van der Waals surface area contributed by atoms with Gasteiger partial charge in [0.15, 0.2) is 0 Å². The second-order valence-electron chi connectivity index (χ2n) is 5.06. The molecule has 0 unspecified atom stereocenters. The van der Waals surface area contributed by atoms with Crippen LogP contribution in [0.15, 0.2) is 35.1 Å². The molecular formula is C15H11N3O4S. The van der Waals surface area contributed by atoms with E-state index in [4.69, 9.17) is 0 Å². The predicted octanol–water partition coefficient (Wildman–Crippen LogP) is 2.67. The molecule has 23 heavy (non-hydrogen) atoms. The maximum atomic E-state index is 12.5. The molecule has 3 aromatic rings. The first-order valence-electron chi connectivity index (χ1n) is 6.68. The summed E-state index contributed by atoms with van der Waals surface area (Å²) in [6.07, 6.45) is 0. The van der Waals surface area contributed by atoms with Gasteiger partial charge in [-0.1, -0.05) is 0 Å². The third-order valence-corrected chi connectivity index (χ3v) is 4.38. The number of fused-ring (bicyclic) bond motifs is 1. The van der Waals surface area contributed by atoms with Crippen LogP contribution in [0.5, 0.6) is 0 Å². The minimum absolute atomic E-state index is 0.113. The second-order valence-corrected chi connectivity index (χ2v) is 6.00. The Bertz CT molecular complexity index is 1000. The molecule has 0 aliphatic rings. The highest BCUT2D eigenvalue weighted by Gasteiger charge is 2.19. The molecule has 7 nitrogen and oxygen atoms in total. The van der Waals surface area contributed by atoms with Gasteiger partial charge in [0.05, 0.1) is 10.3 Å². The van der Waals surface area contributed by atoms with Gasteiger partial charge < -0.3 is 0 Å². The van der Waals surface area contributed by atoms with E-state index in [2.05, 4.69) is 4.98 Å². The Labute approximate surface area is 134 Å². The van der Waals surface area contributed by atoms with E-state index in [-0.39, 0.29) is 11.3 Å². The molecule has 0 spiro atoms. The molecule has 0 saturated carbocycles. The third kappa shape index (κ3) is 2.53. The maximum absolute atomic E-state index is 12.5. The first kappa shape index (κ1) is 15.0. The van der Waals surface area contributed by atoms with Gasteiger partial charge in [0.25, 0.3) is 17.2 Å². The summed E-state index contributed by atoms with van der Waals surface area (Å²) in [7, 11) is 0. The average molecular weight is 329 g/mol. The molecule has 1 aromatic carbocycles. The molecule has 0 fully saturated rings. The lowest BCUT2D eigenvalue weighted by molar-refractivity contribution is -0.384. The first-order chi connectivity index (χ1) is 10.9. The standard InChI is InChI=1S/C15H11N3O4S/c1-8-7-9(2)16-13-12(8)15(20)17(23-13)14(19)10-3-5-11(6-4-10)18(21)22/h3-7H,1-2H3. The number of pyridine rings is 1. The van der Waals surface area contributed by atoms with Gasteiger partial charge in [0.2, 0.25) is 0 Å². The largest absolute Gasteiger partial charge is 0.277 e. The van der Waals surface area contributed by atoms with Crippen LogP contribution in [0.1, 0.15) is 21.6 Å². The van der Waals surface area contributed by atoms with Gasteiger partial charge in [0.1, 0.15) is 4.83 Å². The number of carbonyl (C=O) groups excluding carboxylic acids is 1. The minimum Gasteiger partial charge on any atom is -0.267 e. The van der Waals surface area contributed by atoms with E-state index in [0.29, 0.717) is 10.2 Å². The Hall–Kier alpha value is -2.87. The molecular weight excluding hydrogens is 318 g/mol. The molecule has 0 aliphatic heterocycles. The van der Waals surface area contributed by atoms with Crippen LogP contribution in [0.2, 0.25) is 0 Å². The van der Waals surface area contributed by atoms with E-state index >= 15 is 0 Å². The molecule has 3 rings (SSSR count). The minimum atomic E-state index is -0.546. The number of rotatable bonds is 2. The van der Waals surface area contributed by atoms with Crippen molar-refractivity contribution in [1.82, 2.24) is 8.94 Å². The fourth-order valence-corrected chi connectivity index (χ4v) is 3.39. The highest BCUT2D eigenvalue weighted by atomic mass is 32.1. The van der Waals surface area contributed by atoms with Gasteiger partial charge in [-0.05, 0) is 49.1 Å². The van der Waals surface area contributed by atoms with Crippen LogP contribution in [-0.4, -0.2) is 19.8 Å². The van der Waals surface area contributed by atoms with Gasteiger partial charge in [-0.3, -0.25) is 19.7 Å². The Morgan fingerprint density at radius 1 is 1.26 bits per heavy atom. The van der Waals surface area contributed by atoms with Crippen molar-refractivity contribution in [2.45, 2.75) is 13.8 Å². The van der Waals surface area contributed by atoms with Crippen molar-refractivity contribution in [3.8, 4) is 0 Å². The van der Waals surface area contributed by atoms with Crippen LogP contribution in [0, 0.1) is 24.0 Å². The molecule has 2 aromatic heterocycles. The lowest BCUT2D eigenvalue weighted by Gasteiger charge is -1.99. The maximum Gasteiger partial charge on any atom is 0.277 e. The highest BCUT2D eigenvalue weighted by Crippen LogP contribution is 2.20. The zero-order valence-corrected chi connectivity index (χ0v) is 13.1. The topological polar surface area (TPSA) is 95.1 Å². The van der Waals surface area contributed by atoms with E-state index in [1.165, 1.54) is 24.3 Å². The van der Waals surface area contributed by atoms with Crippen LogP contribution in [0.4, 0.5) is 5.69 Å². The second kappa shape index (κ2) is 5.40. The van der Waals surface area contributed by atoms with Crippen molar-refractivity contribution in [3.63, 3.8) is 0 Å². The number of benzene rings is 1. The molecule has 0 bridgehead atoms. The third-order valence-electron chi connectivity index (χ3n) is 3.40. The van der Waals surface area contributed by atoms with Gasteiger partial charge in [-0.25, -0.2) is 4.98 Å². The monoisotopic (exact) mass is 329 g/mol. The number of nitrogens with zero attached hydrogens (tertiary/aromatic N) is 3. The van der Waals surface area contributed by atoms with E-state index < -0.39 is 16.4 Å². The molecule has 2 heterocycles. The Balaban J connectivity index is 2.11. The zero-order chi connectivity index (χ0) is 16.7. The van der Waals surface area contributed by atoms with Crippen molar-refractivity contribution in [2.75, 3.05) is 0 Å². The summed E-state index contributed by atoms with van der Waals surface area (Å²) in [6, 6.07) is 6.93. The number of hydrogen-bond donors (Lipinski definition) is 0. The summed E-state index contributed by atoms with van der Waals surface area (Å²) in [5.41, 5.74) is 1.21. The van der Waals surface area contributed by atoms with Gasteiger partial charge >= 0.3 is 0 Å². The number of carbonyl (C=O) groups is 1. The molecule has 8 heteroatoms. The fourth-order valence-electron chi connectivity index (χ4n) is 2.33. The lowest BCUT2D eigenvalue weighted by Crippen LogP contribution is -2.22. The zero-order valence-electron chi connectivity index (χ0n) is 12.3. The van der Waals surface area contributed by atoms with E-state index in [1.807, 2.05) is 6.92 Å². The summed E-state index contributed by atoms with van der Waals surface area (Å²) >= 11 is 0.975. The Morgan fingerprint density at radius 2 is 1.91 bits per heavy atom. The highest BCUT2D eigenvalue weighted by molar-refractivity contribution is 7.14. The van der Waals surface area contributed by atoms with Crippen LogP contribution in [-0.2, 0) is 0 Å². The number of hydrogen-bond acceptors (Lipinski definition) is 6. The van der Waals surface area contributed by atoms with Crippen molar-refractivity contribution < 1.29 is 9.72 Å². The number of aromatic nitrogens is 2. The molecule has 0 atom stereocenters. The van der Waals surface area contributed by atoms with E-state index in [9.17, 15) is 19.7 Å². The van der Waals surface area contributed by atoms with E-state index in [0.717, 1.165) is 26.7 Å². The van der Waals surface area contributed by atoms with Crippen LogP contribution >= 0.6 is 11.5 Å². The summed E-state index contributed by atoms with van der Waals surface area (Å²) in [6.45, 7) is 3.62. The number of aryl methyl sites for hydroxylation is 2. The summed E-state index contributed by atoms with van der Waals surface area (Å²) in [5, 5.41) is 11.1. The quantitative estimate of drug-likeness (QED) is 0.532. The number of nitro groups is 1. The van der Waals surface area contributed by atoms with Crippen LogP contribution in [0.25, 0.3) is 10.2 Å². The van der Waals surface area contributed by atoms with Gasteiger partial charge in [0, 0.05) is 23.4 Å². The molecule has 116 valence electrons. The summed E-state index contributed by atoms with van der Waals surface area (Å²) in [4.78, 5) is 39.8. The Morgan fingerprint density at radius 3 is 2.52 bits per heavy atom. The smallest absolute Gasteiger partial charge is 0.267 e. The predicted molar refractivity (Wildman–Crippen MR) is 86.2 cm³/mol. The first-order valence-corrected chi connectivity index (χ1v) is 7.45. The van der Waals surface area contributed by atoms with Crippen molar-refractivity contribution in [3.05, 3.63) is 67.6 Å². The molecule has 0 N–H and O–H groups in total. The lowest BCUT2D eigenvalue weighted by atomic mass is 10.2. The SMILES string of the molecule is Cc1cc(C)c2c(=O)n(C(=O)c3ccc([N+](=O)[O-])cc3)sc2n1. The Kier molecular flexibility index (Phi) is 3.53. The van der Waals surface area contributed by atoms with Crippen molar-refractivity contribution in [1.29, 1.82) is 0 Å². The summed E-state index contributed by atoms with van der Waals surface area (Å²) in [5.74, 6) is -0.523. The number of nitro benzene ring substituents is 1. The van der Waals surface area contributed by atoms with Gasteiger partial charge in [-0.15, -0.1) is 0 Å². The molecule has 0 aliphatic carbocycles. The van der Waals surface area contributed by atoms with Crippen molar-refractivity contribution in [2.24, 2.45) is 0 Å². The van der Waals surface area contributed by atoms with Crippen LogP contribution in [0.3, 0.4) is 0 Å². The van der Waals surface area contributed by atoms with E-state index in [1.54, 1.807) is 13.0 Å². The van der Waals surface area contributed by atoms with Gasteiger partial charge in [-0.2, -0.15) is 3.96 Å². The normalized spacial score (nSPS) is 10.9. The fraction of sp³-hybridized carbons (Fsp3) is 0.133.